The number of nitrogens with zero attached hydrogens (tertiary/aromatic N) is 5. The van der Waals surface area contributed by atoms with E-state index in [-0.39, 0.29) is 11.5 Å². The molecule has 2 heterocycles. The predicted molar refractivity (Wildman–Crippen MR) is 127 cm³/mol. The molecule has 1 fully saturated rings. The van der Waals surface area contributed by atoms with Gasteiger partial charge in [-0.2, -0.15) is 0 Å². The third-order valence-corrected chi connectivity index (χ3v) is 7.29. The first-order chi connectivity index (χ1) is 15.4. The number of thioether (sulfide) groups is 1. The maximum atomic E-state index is 13.1. The van der Waals surface area contributed by atoms with Gasteiger partial charge in [0.1, 0.15) is 11.5 Å². The van der Waals surface area contributed by atoms with Crippen LogP contribution in [0.5, 0.6) is 0 Å². The van der Waals surface area contributed by atoms with Crippen LogP contribution in [0.15, 0.2) is 40.3 Å². The van der Waals surface area contributed by atoms with Gasteiger partial charge in [0.2, 0.25) is 5.91 Å². The number of amides is 1. The fraction of sp³-hybridized carbons (Fsp3) is 0.478. The van der Waals surface area contributed by atoms with Crippen LogP contribution in [-0.2, 0) is 11.8 Å². The summed E-state index contributed by atoms with van der Waals surface area (Å²) < 4.78 is 5.50. The second-order valence-corrected chi connectivity index (χ2v) is 9.69. The monoisotopic (exact) mass is 454 g/mol. The Bertz CT molecular complexity index is 1160. The molecule has 9 heteroatoms. The van der Waals surface area contributed by atoms with E-state index in [2.05, 4.69) is 20.1 Å². The summed E-state index contributed by atoms with van der Waals surface area (Å²) in [5.41, 5.74) is 1.51. The average Bonchev–Trinajstić information content (AvgIpc) is 3.26. The van der Waals surface area contributed by atoms with Crippen molar-refractivity contribution >= 4 is 23.4 Å². The van der Waals surface area contributed by atoms with E-state index in [0.29, 0.717) is 17.4 Å². The van der Waals surface area contributed by atoms with Crippen LogP contribution in [0.25, 0.3) is 5.69 Å². The molecule has 170 valence electrons. The van der Waals surface area contributed by atoms with E-state index in [1.807, 2.05) is 58.2 Å². The molecule has 1 aliphatic carbocycles. The van der Waals surface area contributed by atoms with Crippen LogP contribution in [0.3, 0.4) is 0 Å². The summed E-state index contributed by atoms with van der Waals surface area (Å²) in [7, 11) is 1.81. The van der Waals surface area contributed by atoms with Gasteiger partial charge in [0, 0.05) is 13.1 Å². The van der Waals surface area contributed by atoms with Gasteiger partial charge < -0.3 is 9.88 Å². The Labute approximate surface area is 192 Å². The smallest absolute Gasteiger partial charge is 0.295 e. The first-order valence-corrected chi connectivity index (χ1v) is 12.0. The molecule has 0 unspecified atom stereocenters. The Balaban J connectivity index is 1.53. The molecule has 0 radical (unpaired) electrons. The summed E-state index contributed by atoms with van der Waals surface area (Å²) >= 11 is 1.39. The van der Waals surface area contributed by atoms with Crippen LogP contribution in [0, 0.1) is 13.8 Å². The topological polar surface area (TPSA) is 86.7 Å². The standard InChI is InChI=1S/C23H30N6O2S/c1-15-20(22(31)29(27(15)4)19-13-9-6-10-14-19)24-21(30)16(2)32-23-26-25-17(3)28(23)18-11-7-5-8-12-18/h6,9-10,13-14,16,18H,5,7-8,11-12H2,1-4H3,(H,24,30)/t16-/m0/s1. The normalized spacial score (nSPS) is 15.6. The fourth-order valence-electron chi connectivity index (χ4n) is 4.34. The summed E-state index contributed by atoms with van der Waals surface area (Å²) in [6.45, 7) is 5.64. The van der Waals surface area contributed by atoms with Crippen molar-refractivity contribution < 1.29 is 4.79 Å². The van der Waals surface area contributed by atoms with Crippen molar-refractivity contribution in [3.8, 4) is 5.69 Å². The third kappa shape index (κ3) is 4.26. The number of rotatable bonds is 6. The Morgan fingerprint density at radius 2 is 1.81 bits per heavy atom. The number of carbonyl (C=O) groups is 1. The van der Waals surface area contributed by atoms with E-state index >= 15 is 0 Å². The molecule has 1 amide bonds. The van der Waals surface area contributed by atoms with Gasteiger partial charge in [-0.15, -0.1) is 10.2 Å². The molecule has 3 aromatic rings. The molecule has 0 saturated heterocycles. The number of anilines is 1. The van der Waals surface area contributed by atoms with Gasteiger partial charge in [-0.25, -0.2) is 4.68 Å². The molecule has 4 rings (SSSR count). The van der Waals surface area contributed by atoms with Crippen LogP contribution in [0.4, 0.5) is 5.69 Å². The minimum atomic E-state index is -0.426. The van der Waals surface area contributed by atoms with E-state index in [1.54, 1.807) is 9.36 Å². The van der Waals surface area contributed by atoms with Crippen molar-refractivity contribution in [2.45, 2.75) is 69.3 Å². The van der Waals surface area contributed by atoms with Gasteiger partial charge in [-0.1, -0.05) is 49.2 Å². The van der Waals surface area contributed by atoms with Crippen LogP contribution < -0.4 is 10.9 Å². The molecule has 0 aliphatic heterocycles. The maximum Gasteiger partial charge on any atom is 0.295 e. The zero-order chi connectivity index (χ0) is 22.8. The second kappa shape index (κ2) is 9.36. The zero-order valence-corrected chi connectivity index (χ0v) is 19.9. The third-order valence-electron chi connectivity index (χ3n) is 6.23. The number of aryl methyl sites for hydroxylation is 1. The number of hydrogen-bond acceptors (Lipinski definition) is 5. The lowest BCUT2D eigenvalue weighted by atomic mass is 9.95. The molecular weight excluding hydrogens is 424 g/mol. The lowest BCUT2D eigenvalue weighted by Crippen LogP contribution is -2.27. The van der Waals surface area contributed by atoms with Crippen molar-refractivity contribution in [3.05, 3.63) is 52.2 Å². The molecule has 8 nitrogen and oxygen atoms in total. The highest BCUT2D eigenvalue weighted by Gasteiger charge is 2.26. The van der Waals surface area contributed by atoms with Gasteiger partial charge in [0.25, 0.3) is 5.56 Å². The van der Waals surface area contributed by atoms with Gasteiger partial charge in [0.05, 0.1) is 16.6 Å². The van der Waals surface area contributed by atoms with E-state index in [9.17, 15) is 9.59 Å². The number of benzene rings is 1. The van der Waals surface area contributed by atoms with Crippen LogP contribution in [-0.4, -0.2) is 35.3 Å². The molecule has 0 spiro atoms. The Hall–Kier alpha value is -2.81. The van der Waals surface area contributed by atoms with E-state index in [1.165, 1.54) is 31.0 Å². The quantitative estimate of drug-likeness (QED) is 0.569. The largest absolute Gasteiger partial charge is 0.319 e. The number of carbonyl (C=O) groups excluding carboxylic acids is 1. The highest BCUT2D eigenvalue weighted by molar-refractivity contribution is 8.00. The predicted octanol–water partition coefficient (Wildman–Crippen LogP) is 4.01. The number of para-hydroxylation sites is 1. The molecule has 1 N–H and O–H groups in total. The second-order valence-electron chi connectivity index (χ2n) is 8.38. The van der Waals surface area contributed by atoms with E-state index in [0.717, 1.165) is 29.5 Å². The van der Waals surface area contributed by atoms with Gasteiger partial charge in [-0.05, 0) is 45.7 Å². The lowest BCUT2D eigenvalue weighted by molar-refractivity contribution is -0.115. The maximum absolute atomic E-state index is 13.1. The molecular formula is C23H30N6O2S. The van der Waals surface area contributed by atoms with Crippen LogP contribution in [0.1, 0.15) is 56.6 Å². The Morgan fingerprint density at radius 3 is 2.50 bits per heavy atom. The van der Waals surface area contributed by atoms with E-state index in [4.69, 9.17) is 0 Å². The number of nitrogens with one attached hydrogen (secondary N) is 1. The van der Waals surface area contributed by atoms with Gasteiger partial charge >= 0.3 is 0 Å². The van der Waals surface area contributed by atoms with Crippen molar-refractivity contribution in [2.24, 2.45) is 7.05 Å². The Morgan fingerprint density at radius 1 is 1.12 bits per heavy atom. The Kier molecular flexibility index (Phi) is 6.55. The lowest BCUT2D eigenvalue weighted by Gasteiger charge is -2.25. The number of aromatic nitrogens is 5. The average molecular weight is 455 g/mol. The van der Waals surface area contributed by atoms with Crippen molar-refractivity contribution in [1.29, 1.82) is 0 Å². The molecule has 1 atom stereocenters. The van der Waals surface area contributed by atoms with Crippen molar-refractivity contribution in [3.63, 3.8) is 0 Å². The van der Waals surface area contributed by atoms with Crippen LogP contribution in [0.2, 0.25) is 0 Å². The highest BCUT2D eigenvalue weighted by Crippen LogP contribution is 2.33. The summed E-state index contributed by atoms with van der Waals surface area (Å²) in [6.07, 6.45) is 5.94. The minimum absolute atomic E-state index is 0.225. The van der Waals surface area contributed by atoms with Gasteiger partial charge in [0.15, 0.2) is 5.16 Å². The number of hydrogen-bond donors (Lipinski definition) is 1. The highest BCUT2D eigenvalue weighted by atomic mass is 32.2. The van der Waals surface area contributed by atoms with Gasteiger partial charge in [-0.3, -0.25) is 14.3 Å². The molecule has 32 heavy (non-hydrogen) atoms. The molecule has 1 aliphatic rings. The first-order valence-electron chi connectivity index (χ1n) is 11.1. The summed E-state index contributed by atoms with van der Waals surface area (Å²) in [5.74, 6) is 0.661. The zero-order valence-electron chi connectivity index (χ0n) is 19.0. The molecule has 1 saturated carbocycles. The molecule has 1 aromatic carbocycles. The minimum Gasteiger partial charge on any atom is -0.319 e. The van der Waals surface area contributed by atoms with Crippen molar-refractivity contribution in [2.75, 3.05) is 5.32 Å². The summed E-state index contributed by atoms with van der Waals surface area (Å²) in [6, 6.07) is 9.79. The summed E-state index contributed by atoms with van der Waals surface area (Å²) in [5, 5.41) is 11.8. The van der Waals surface area contributed by atoms with Crippen LogP contribution >= 0.6 is 11.8 Å². The first kappa shape index (κ1) is 22.4. The SMILES string of the molecule is Cc1nnc(S[C@@H](C)C(=O)Nc2c(C)n(C)n(-c3ccccc3)c2=O)n1C1CCCCC1. The summed E-state index contributed by atoms with van der Waals surface area (Å²) in [4.78, 5) is 26.1. The fourth-order valence-corrected chi connectivity index (χ4v) is 5.30. The molecule has 2 aromatic heterocycles. The van der Waals surface area contributed by atoms with Crippen molar-refractivity contribution in [1.82, 2.24) is 24.1 Å². The van der Waals surface area contributed by atoms with E-state index < -0.39 is 5.25 Å². The molecule has 0 bridgehead atoms.